The maximum atomic E-state index is 14.6. The van der Waals surface area contributed by atoms with Crippen molar-refractivity contribution >= 4 is 39.9 Å². The zero-order valence-electron chi connectivity index (χ0n) is 17.1. The van der Waals surface area contributed by atoms with Crippen LogP contribution in [0.5, 0.6) is 0 Å². The maximum Gasteiger partial charge on any atom is 0.266 e. The fourth-order valence-corrected chi connectivity index (χ4v) is 5.20. The zero-order chi connectivity index (χ0) is 22.1. The minimum Gasteiger partial charge on any atom is -0.335 e. The average Bonchev–Trinajstić information content (AvgIpc) is 3.51. The molecule has 0 N–H and O–H groups in total. The topological polar surface area (TPSA) is 55.2 Å². The smallest absolute Gasteiger partial charge is 0.266 e. The summed E-state index contributed by atoms with van der Waals surface area (Å²) < 4.78 is 15.9. The molecule has 1 fully saturated rings. The van der Waals surface area contributed by atoms with E-state index in [1.54, 1.807) is 53.8 Å². The number of benzene rings is 2. The van der Waals surface area contributed by atoms with E-state index in [1.807, 2.05) is 16.3 Å². The quantitative estimate of drug-likeness (QED) is 0.289. The van der Waals surface area contributed by atoms with E-state index >= 15 is 0 Å². The highest BCUT2D eigenvalue weighted by molar-refractivity contribution is 7.99. The van der Waals surface area contributed by atoms with E-state index in [9.17, 15) is 14.0 Å². The highest BCUT2D eigenvalue weighted by atomic mass is 32.2. The minimum absolute atomic E-state index is 0.00816. The summed E-state index contributed by atoms with van der Waals surface area (Å²) in [4.78, 5) is 32.9. The van der Waals surface area contributed by atoms with Crippen molar-refractivity contribution in [3.8, 4) is 5.69 Å². The van der Waals surface area contributed by atoms with Gasteiger partial charge in [0.1, 0.15) is 5.82 Å². The van der Waals surface area contributed by atoms with Crippen LogP contribution >= 0.6 is 23.1 Å². The summed E-state index contributed by atoms with van der Waals surface area (Å²) in [5.41, 5.74) is 1.42. The molecule has 32 heavy (non-hydrogen) atoms. The molecule has 0 aliphatic heterocycles. The number of carbonyl (C=O) groups is 1. The molecule has 1 aliphatic carbocycles. The first-order valence-corrected chi connectivity index (χ1v) is 12.2. The molecule has 2 aromatic heterocycles. The Morgan fingerprint density at radius 1 is 1.16 bits per heavy atom. The Kier molecular flexibility index (Phi) is 5.80. The van der Waals surface area contributed by atoms with Crippen LogP contribution in [-0.2, 0) is 11.3 Å². The van der Waals surface area contributed by atoms with Crippen LogP contribution < -0.4 is 5.56 Å². The van der Waals surface area contributed by atoms with Crippen LogP contribution in [0.4, 0.5) is 4.39 Å². The SMILES string of the molecule is O=C(CSc1nc2ccccc2c(=O)n1-c1ccccc1F)N(Cc1ccsc1)C1CC1. The van der Waals surface area contributed by atoms with E-state index < -0.39 is 5.82 Å². The van der Waals surface area contributed by atoms with Gasteiger partial charge in [0, 0.05) is 12.6 Å². The van der Waals surface area contributed by atoms with Gasteiger partial charge in [0.2, 0.25) is 5.91 Å². The molecule has 2 heterocycles. The number of hydrogen-bond donors (Lipinski definition) is 0. The highest BCUT2D eigenvalue weighted by Gasteiger charge is 2.32. The van der Waals surface area contributed by atoms with Gasteiger partial charge in [-0.2, -0.15) is 11.3 Å². The number of thiophene rings is 1. The number of thioether (sulfide) groups is 1. The lowest BCUT2D eigenvalue weighted by molar-refractivity contribution is -0.129. The van der Waals surface area contributed by atoms with Crippen molar-refractivity contribution in [2.45, 2.75) is 30.6 Å². The van der Waals surface area contributed by atoms with Crippen molar-refractivity contribution < 1.29 is 9.18 Å². The van der Waals surface area contributed by atoms with Crippen molar-refractivity contribution in [3.63, 3.8) is 0 Å². The lowest BCUT2D eigenvalue weighted by atomic mass is 10.2. The van der Waals surface area contributed by atoms with E-state index in [0.29, 0.717) is 22.6 Å². The van der Waals surface area contributed by atoms with Crippen molar-refractivity contribution in [1.82, 2.24) is 14.5 Å². The number of hydrogen-bond acceptors (Lipinski definition) is 5. The van der Waals surface area contributed by atoms with Gasteiger partial charge in [0.25, 0.3) is 5.56 Å². The summed E-state index contributed by atoms with van der Waals surface area (Å²) >= 11 is 2.78. The first kappa shape index (κ1) is 20.9. The number of halogens is 1. The van der Waals surface area contributed by atoms with Crippen LogP contribution in [0, 0.1) is 5.82 Å². The largest absolute Gasteiger partial charge is 0.335 e. The Hall–Kier alpha value is -2.97. The van der Waals surface area contributed by atoms with E-state index in [1.165, 1.54) is 22.4 Å². The predicted molar refractivity (Wildman–Crippen MR) is 126 cm³/mol. The van der Waals surface area contributed by atoms with Gasteiger partial charge in [-0.3, -0.25) is 14.2 Å². The molecule has 162 valence electrons. The van der Waals surface area contributed by atoms with Gasteiger partial charge < -0.3 is 4.90 Å². The predicted octanol–water partition coefficient (Wildman–Crippen LogP) is 4.87. The summed E-state index contributed by atoms with van der Waals surface area (Å²) in [6.45, 7) is 0.582. The molecule has 0 atom stereocenters. The van der Waals surface area contributed by atoms with Crippen LogP contribution in [0.25, 0.3) is 16.6 Å². The molecule has 5 rings (SSSR count). The van der Waals surface area contributed by atoms with Crippen molar-refractivity contribution in [2.24, 2.45) is 0 Å². The van der Waals surface area contributed by atoms with Crippen LogP contribution in [0.3, 0.4) is 0 Å². The normalized spacial score (nSPS) is 13.4. The Morgan fingerprint density at radius 3 is 2.69 bits per heavy atom. The molecule has 0 radical (unpaired) electrons. The fourth-order valence-electron chi connectivity index (χ4n) is 3.65. The summed E-state index contributed by atoms with van der Waals surface area (Å²) in [6.07, 6.45) is 2.02. The van der Waals surface area contributed by atoms with Gasteiger partial charge in [-0.25, -0.2) is 9.37 Å². The molecule has 0 bridgehead atoms. The number of carbonyl (C=O) groups excluding carboxylic acids is 1. The van der Waals surface area contributed by atoms with Crippen LogP contribution in [-0.4, -0.2) is 32.2 Å². The Morgan fingerprint density at radius 2 is 1.94 bits per heavy atom. The highest BCUT2D eigenvalue weighted by Crippen LogP contribution is 2.30. The molecule has 0 saturated heterocycles. The lowest BCUT2D eigenvalue weighted by Crippen LogP contribution is -2.34. The molecule has 5 nitrogen and oxygen atoms in total. The minimum atomic E-state index is -0.517. The third-order valence-electron chi connectivity index (χ3n) is 5.40. The van der Waals surface area contributed by atoms with Gasteiger partial charge in [-0.15, -0.1) is 0 Å². The third-order valence-corrected chi connectivity index (χ3v) is 7.06. The van der Waals surface area contributed by atoms with Crippen LogP contribution in [0.1, 0.15) is 18.4 Å². The Labute approximate surface area is 192 Å². The number of fused-ring (bicyclic) bond motifs is 1. The first-order chi connectivity index (χ1) is 15.6. The van der Waals surface area contributed by atoms with E-state index in [4.69, 9.17) is 0 Å². The van der Waals surface area contributed by atoms with Crippen molar-refractivity contribution in [1.29, 1.82) is 0 Å². The number of amides is 1. The van der Waals surface area contributed by atoms with E-state index in [-0.39, 0.29) is 28.9 Å². The summed E-state index contributed by atoms with van der Waals surface area (Å²) in [7, 11) is 0. The second kappa shape index (κ2) is 8.88. The van der Waals surface area contributed by atoms with Gasteiger partial charge in [-0.1, -0.05) is 36.0 Å². The summed E-state index contributed by atoms with van der Waals surface area (Å²) in [5.74, 6) is -0.400. The number of rotatable bonds is 7. The molecular weight excluding hydrogens is 445 g/mol. The molecule has 1 saturated carbocycles. The second-order valence-corrected chi connectivity index (χ2v) is 9.40. The van der Waals surface area contributed by atoms with Crippen LogP contribution in [0.2, 0.25) is 0 Å². The number of aromatic nitrogens is 2. The summed E-state index contributed by atoms with van der Waals surface area (Å²) in [5, 5.41) is 4.77. The van der Waals surface area contributed by atoms with Gasteiger partial charge in [-0.05, 0) is 59.5 Å². The molecule has 8 heteroatoms. The van der Waals surface area contributed by atoms with Gasteiger partial charge in [0.15, 0.2) is 5.16 Å². The third kappa shape index (κ3) is 4.20. The van der Waals surface area contributed by atoms with Crippen molar-refractivity contribution in [2.75, 3.05) is 5.75 Å². The molecule has 4 aromatic rings. The summed E-state index contributed by atoms with van der Waals surface area (Å²) in [6, 6.07) is 15.4. The molecule has 1 aliphatic rings. The van der Waals surface area contributed by atoms with Gasteiger partial charge in [0.05, 0.1) is 22.3 Å². The monoisotopic (exact) mass is 465 g/mol. The molecule has 0 unspecified atom stereocenters. The fraction of sp³-hybridized carbons (Fsp3) is 0.208. The Bertz CT molecular complexity index is 1330. The van der Waals surface area contributed by atoms with Crippen molar-refractivity contribution in [3.05, 3.63) is 87.1 Å². The van der Waals surface area contributed by atoms with E-state index in [2.05, 4.69) is 10.4 Å². The second-order valence-electron chi connectivity index (χ2n) is 7.68. The molecular formula is C24H20FN3O2S2. The average molecular weight is 466 g/mol. The number of nitrogens with zero attached hydrogens (tertiary/aromatic N) is 3. The molecule has 0 spiro atoms. The van der Waals surface area contributed by atoms with Gasteiger partial charge >= 0.3 is 0 Å². The van der Waals surface area contributed by atoms with Crippen LogP contribution in [0.15, 0.2) is 75.3 Å². The standard InChI is InChI=1S/C24H20FN3O2S2/c25-19-6-2-4-8-21(19)28-23(30)18-5-1-3-7-20(18)26-24(28)32-15-22(29)27(17-9-10-17)13-16-11-12-31-14-16/h1-8,11-12,14,17H,9-10,13,15H2. The molecule has 1 amide bonds. The number of para-hydroxylation sites is 2. The molecule has 2 aromatic carbocycles. The first-order valence-electron chi connectivity index (χ1n) is 10.3. The lowest BCUT2D eigenvalue weighted by Gasteiger charge is -2.22. The maximum absolute atomic E-state index is 14.6. The van der Waals surface area contributed by atoms with E-state index in [0.717, 1.165) is 18.4 Å². The zero-order valence-corrected chi connectivity index (χ0v) is 18.7. The Balaban J connectivity index is 1.48.